The standard InChI is InChI=1S/C18H11BrClNO2/c19-12-6-8-17-14(9-12)15(18(22)23)10-13(21-17)7-5-11-3-1-2-4-16(11)20/h1-10H,(H,22,23)/b7-5+. The molecule has 23 heavy (non-hydrogen) atoms. The summed E-state index contributed by atoms with van der Waals surface area (Å²) in [6.07, 6.45) is 3.58. The van der Waals surface area contributed by atoms with E-state index in [1.54, 1.807) is 30.3 Å². The molecule has 0 aliphatic rings. The minimum atomic E-state index is -0.983. The zero-order valence-corrected chi connectivity index (χ0v) is 14.2. The third-order valence-corrected chi connectivity index (χ3v) is 4.20. The summed E-state index contributed by atoms with van der Waals surface area (Å²) < 4.78 is 0.814. The maximum absolute atomic E-state index is 11.5. The number of carbonyl (C=O) groups is 1. The van der Waals surface area contributed by atoms with Gasteiger partial charge >= 0.3 is 5.97 Å². The minimum Gasteiger partial charge on any atom is -0.478 e. The first-order chi connectivity index (χ1) is 11.0. The third kappa shape index (κ3) is 3.44. The van der Waals surface area contributed by atoms with Crippen LogP contribution in [0.2, 0.25) is 5.02 Å². The molecule has 0 spiro atoms. The molecule has 0 amide bonds. The van der Waals surface area contributed by atoms with Gasteiger partial charge in [0, 0.05) is 14.9 Å². The lowest BCUT2D eigenvalue weighted by atomic mass is 10.1. The number of carboxylic acids is 1. The monoisotopic (exact) mass is 387 g/mol. The van der Waals surface area contributed by atoms with Crippen molar-refractivity contribution in [2.45, 2.75) is 0 Å². The minimum absolute atomic E-state index is 0.218. The summed E-state index contributed by atoms with van der Waals surface area (Å²) in [5.41, 5.74) is 2.27. The average molecular weight is 389 g/mol. The molecule has 3 rings (SSSR count). The fourth-order valence-electron chi connectivity index (χ4n) is 2.27. The van der Waals surface area contributed by atoms with Crippen LogP contribution >= 0.6 is 27.5 Å². The van der Waals surface area contributed by atoms with Gasteiger partial charge in [-0.3, -0.25) is 0 Å². The second kappa shape index (κ2) is 6.52. The van der Waals surface area contributed by atoms with Gasteiger partial charge < -0.3 is 5.11 Å². The van der Waals surface area contributed by atoms with Gasteiger partial charge in [0.2, 0.25) is 0 Å². The molecule has 3 nitrogen and oxygen atoms in total. The number of benzene rings is 2. The molecule has 0 fully saturated rings. The van der Waals surface area contributed by atoms with Crippen molar-refractivity contribution < 1.29 is 9.90 Å². The van der Waals surface area contributed by atoms with Crippen molar-refractivity contribution in [2.75, 3.05) is 0 Å². The van der Waals surface area contributed by atoms with Crippen LogP contribution in [0.1, 0.15) is 21.6 Å². The van der Waals surface area contributed by atoms with Gasteiger partial charge in [0.15, 0.2) is 0 Å². The molecule has 1 N–H and O–H groups in total. The van der Waals surface area contributed by atoms with Crippen molar-refractivity contribution in [1.29, 1.82) is 0 Å². The van der Waals surface area contributed by atoms with Crippen LogP contribution < -0.4 is 0 Å². The summed E-state index contributed by atoms with van der Waals surface area (Å²) >= 11 is 9.47. The van der Waals surface area contributed by atoms with Crippen LogP contribution in [0.4, 0.5) is 0 Å². The Hall–Kier alpha value is -2.17. The van der Waals surface area contributed by atoms with Crippen LogP contribution in [0.25, 0.3) is 23.1 Å². The maximum atomic E-state index is 11.5. The van der Waals surface area contributed by atoms with Crippen molar-refractivity contribution >= 4 is 56.6 Å². The van der Waals surface area contributed by atoms with Crippen LogP contribution in [-0.2, 0) is 0 Å². The highest BCUT2D eigenvalue weighted by molar-refractivity contribution is 9.10. The van der Waals surface area contributed by atoms with Crippen LogP contribution in [0.3, 0.4) is 0 Å². The lowest BCUT2D eigenvalue weighted by Gasteiger charge is -2.05. The van der Waals surface area contributed by atoms with E-state index < -0.39 is 5.97 Å². The van der Waals surface area contributed by atoms with Crippen molar-refractivity contribution in [2.24, 2.45) is 0 Å². The highest BCUT2D eigenvalue weighted by Crippen LogP contribution is 2.24. The Morgan fingerprint density at radius 1 is 1.13 bits per heavy atom. The van der Waals surface area contributed by atoms with Crippen molar-refractivity contribution in [3.05, 3.63) is 74.8 Å². The Bertz CT molecular complexity index is 937. The molecule has 0 atom stereocenters. The number of hydrogen-bond acceptors (Lipinski definition) is 2. The number of rotatable bonds is 3. The van der Waals surface area contributed by atoms with Crippen LogP contribution in [0.15, 0.2) is 53.0 Å². The predicted molar refractivity (Wildman–Crippen MR) is 96.8 cm³/mol. The van der Waals surface area contributed by atoms with E-state index >= 15 is 0 Å². The van der Waals surface area contributed by atoms with Crippen molar-refractivity contribution in [3.8, 4) is 0 Å². The predicted octanol–water partition coefficient (Wildman–Crippen LogP) is 5.52. The molecular formula is C18H11BrClNO2. The van der Waals surface area contributed by atoms with Gasteiger partial charge in [-0.1, -0.05) is 51.8 Å². The lowest BCUT2D eigenvalue weighted by molar-refractivity contribution is 0.0699. The van der Waals surface area contributed by atoms with Gasteiger partial charge in [-0.05, 0) is 42.0 Å². The maximum Gasteiger partial charge on any atom is 0.336 e. The lowest BCUT2D eigenvalue weighted by Crippen LogP contribution is -2.00. The first kappa shape index (κ1) is 15.7. The number of fused-ring (bicyclic) bond motifs is 1. The van der Waals surface area contributed by atoms with Crippen LogP contribution in [0, 0.1) is 0 Å². The molecule has 0 radical (unpaired) electrons. The summed E-state index contributed by atoms with van der Waals surface area (Å²) in [6, 6.07) is 14.4. The zero-order chi connectivity index (χ0) is 16.4. The molecule has 0 saturated heterocycles. The number of aromatic carboxylic acids is 1. The highest BCUT2D eigenvalue weighted by atomic mass is 79.9. The van der Waals surface area contributed by atoms with Crippen LogP contribution in [0.5, 0.6) is 0 Å². The summed E-state index contributed by atoms with van der Waals surface area (Å²) in [5.74, 6) is -0.983. The SMILES string of the molecule is O=C(O)c1cc(/C=C/c2ccccc2Cl)nc2ccc(Br)cc12. The first-order valence-corrected chi connectivity index (χ1v) is 7.98. The van der Waals surface area contributed by atoms with Crippen molar-refractivity contribution in [3.63, 3.8) is 0 Å². The summed E-state index contributed by atoms with van der Waals surface area (Å²) in [7, 11) is 0. The molecule has 0 aliphatic carbocycles. The highest BCUT2D eigenvalue weighted by Gasteiger charge is 2.11. The van der Waals surface area contributed by atoms with Gasteiger partial charge in [-0.25, -0.2) is 9.78 Å². The van der Waals surface area contributed by atoms with Crippen molar-refractivity contribution in [1.82, 2.24) is 4.98 Å². The normalized spacial score (nSPS) is 11.2. The number of halogens is 2. The topological polar surface area (TPSA) is 50.2 Å². The van der Waals surface area contributed by atoms with E-state index in [2.05, 4.69) is 20.9 Å². The molecule has 3 aromatic rings. The largest absolute Gasteiger partial charge is 0.478 e. The quantitative estimate of drug-likeness (QED) is 0.643. The van der Waals surface area contributed by atoms with Gasteiger partial charge in [0.25, 0.3) is 0 Å². The molecule has 1 heterocycles. The fourth-order valence-corrected chi connectivity index (χ4v) is 2.83. The molecular weight excluding hydrogens is 378 g/mol. The molecule has 2 aromatic carbocycles. The molecule has 1 aromatic heterocycles. The van der Waals surface area contributed by atoms with Gasteiger partial charge in [0.1, 0.15) is 0 Å². The molecule has 0 bridgehead atoms. The van der Waals surface area contributed by atoms with E-state index in [4.69, 9.17) is 11.6 Å². The number of pyridine rings is 1. The molecule has 0 saturated carbocycles. The average Bonchev–Trinajstić information content (AvgIpc) is 2.53. The Labute approximate surface area is 146 Å². The van der Waals surface area contributed by atoms with E-state index in [1.807, 2.05) is 30.3 Å². The zero-order valence-electron chi connectivity index (χ0n) is 11.8. The Morgan fingerprint density at radius 2 is 1.91 bits per heavy atom. The molecule has 5 heteroatoms. The van der Waals surface area contributed by atoms with E-state index in [0.717, 1.165) is 10.0 Å². The Kier molecular flexibility index (Phi) is 4.46. The van der Waals surface area contributed by atoms with Gasteiger partial charge in [-0.2, -0.15) is 0 Å². The van der Waals surface area contributed by atoms with Gasteiger partial charge in [0.05, 0.1) is 16.8 Å². The molecule has 114 valence electrons. The molecule has 0 aliphatic heterocycles. The summed E-state index contributed by atoms with van der Waals surface area (Å²) in [5, 5.41) is 10.7. The van der Waals surface area contributed by atoms with E-state index in [-0.39, 0.29) is 5.56 Å². The smallest absolute Gasteiger partial charge is 0.336 e. The number of carboxylic acid groups (broad SMARTS) is 1. The summed E-state index contributed by atoms with van der Waals surface area (Å²) in [4.78, 5) is 16.0. The third-order valence-electron chi connectivity index (χ3n) is 3.36. The fraction of sp³-hybridized carbons (Fsp3) is 0. The summed E-state index contributed by atoms with van der Waals surface area (Å²) in [6.45, 7) is 0. The van der Waals surface area contributed by atoms with Crippen LogP contribution in [-0.4, -0.2) is 16.1 Å². The Balaban J connectivity index is 2.10. The number of nitrogens with zero attached hydrogens (tertiary/aromatic N) is 1. The van der Waals surface area contributed by atoms with E-state index in [9.17, 15) is 9.90 Å². The molecule has 0 unspecified atom stereocenters. The second-order valence-electron chi connectivity index (χ2n) is 4.92. The number of aromatic nitrogens is 1. The van der Waals surface area contributed by atoms with E-state index in [0.29, 0.717) is 21.6 Å². The number of hydrogen-bond donors (Lipinski definition) is 1. The van der Waals surface area contributed by atoms with E-state index in [1.165, 1.54) is 0 Å². The second-order valence-corrected chi connectivity index (χ2v) is 6.24. The Morgan fingerprint density at radius 3 is 2.65 bits per heavy atom. The van der Waals surface area contributed by atoms with Gasteiger partial charge in [-0.15, -0.1) is 0 Å². The first-order valence-electron chi connectivity index (χ1n) is 6.81.